The summed E-state index contributed by atoms with van der Waals surface area (Å²) in [7, 11) is 0. The molecule has 4 saturated carbocycles. The fourth-order valence-electron chi connectivity index (χ4n) is 6.66. The molecular formula is C20H28N4O4. The van der Waals surface area contributed by atoms with Crippen LogP contribution in [0.4, 0.5) is 0 Å². The van der Waals surface area contributed by atoms with Crippen LogP contribution in [0, 0.1) is 18.8 Å². The van der Waals surface area contributed by atoms with Gasteiger partial charge in [0.05, 0.1) is 12.1 Å². The minimum atomic E-state index is -0.553. The molecule has 5 fully saturated rings. The fraction of sp³-hybridized carbons (Fsp3) is 0.800. The van der Waals surface area contributed by atoms with E-state index < -0.39 is 11.6 Å². The molecule has 152 valence electrons. The number of likely N-dealkylation sites (tertiary alicyclic amines) is 1. The van der Waals surface area contributed by atoms with Gasteiger partial charge in [-0.05, 0) is 63.2 Å². The lowest BCUT2D eigenvalue weighted by Crippen LogP contribution is -2.65. The molecule has 8 nitrogen and oxygen atoms in total. The summed E-state index contributed by atoms with van der Waals surface area (Å²) in [5.74, 6) is 1.14. The molecule has 6 rings (SSSR count). The Balaban J connectivity index is 1.25. The van der Waals surface area contributed by atoms with Crippen molar-refractivity contribution in [3.05, 3.63) is 11.8 Å². The molecule has 1 aromatic heterocycles. The highest BCUT2D eigenvalue weighted by Crippen LogP contribution is 2.57. The van der Waals surface area contributed by atoms with E-state index in [1.807, 2.05) is 0 Å². The van der Waals surface area contributed by atoms with Crippen molar-refractivity contribution in [2.45, 2.75) is 75.5 Å². The van der Waals surface area contributed by atoms with E-state index in [1.165, 1.54) is 6.42 Å². The van der Waals surface area contributed by atoms with Crippen LogP contribution in [0.25, 0.3) is 0 Å². The summed E-state index contributed by atoms with van der Waals surface area (Å²) in [5, 5.41) is 21.9. The first-order valence-corrected chi connectivity index (χ1v) is 10.5. The van der Waals surface area contributed by atoms with E-state index in [0.29, 0.717) is 30.7 Å². The quantitative estimate of drug-likeness (QED) is 0.730. The fourth-order valence-corrected chi connectivity index (χ4v) is 6.66. The normalized spacial score (nSPS) is 38.9. The van der Waals surface area contributed by atoms with E-state index in [9.17, 15) is 14.7 Å². The first-order valence-electron chi connectivity index (χ1n) is 10.5. The molecule has 2 N–H and O–H groups in total. The van der Waals surface area contributed by atoms with Gasteiger partial charge < -0.3 is 19.7 Å². The maximum Gasteiger partial charge on any atom is 0.286 e. The zero-order valence-corrected chi connectivity index (χ0v) is 16.3. The van der Waals surface area contributed by atoms with Gasteiger partial charge in [0.1, 0.15) is 6.04 Å². The third-order valence-electron chi connectivity index (χ3n) is 7.26. The zero-order valence-electron chi connectivity index (χ0n) is 16.3. The van der Waals surface area contributed by atoms with Gasteiger partial charge in [-0.2, -0.15) is 0 Å². The molecule has 28 heavy (non-hydrogen) atoms. The Hall–Kier alpha value is -1.80. The number of hydrogen-bond donors (Lipinski definition) is 2. The molecule has 1 amide bonds. The third kappa shape index (κ3) is 3.06. The Morgan fingerprint density at radius 3 is 2.64 bits per heavy atom. The van der Waals surface area contributed by atoms with Crippen molar-refractivity contribution in [2.24, 2.45) is 11.8 Å². The maximum atomic E-state index is 13.0. The number of hydrogen-bond acceptors (Lipinski definition) is 7. The molecule has 1 aliphatic heterocycles. The zero-order chi connectivity index (χ0) is 19.5. The number of Topliss-reactive ketones (excluding diaryl/α,β-unsaturated/α-hetero) is 1. The summed E-state index contributed by atoms with van der Waals surface area (Å²) in [6.07, 6.45) is 7.28. The van der Waals surface area contributed by atoms with Gasteiger partial charge in [0.2, 0.25) is 17.6 Å². The summed E-state index contributed by atoms with van der Waals surface area (Å²) in [4.78, 5) is 27.3. The number of aromatic nitrogens is 2. The van der Waals surface area contributed by atoms with Crippen molar-refractivity contribution in [1.29, 1.82) is 0 Å². The van der Waals surface area contributed by atoms with Gasteiger partial charge in [0.15, 0.2) is 0 Å². The van der Waals surface area contributed by atoms with Crippen molar-refractivity contribution in [3.63, 3.8) is 0 Å². The largest absolute Gasteiger partial charge is 0.419 e. The first kappa shape index (κ1) is 18.2. The van der Waals surface area contributed by atoms with E-state index in [-0.39, 0.29) is 29.7 Å². The second kappa shape index (κ2) is 6.35. The summed E-state index contributed by atoms with van der Waals surface area (Å²) in [6, 6.07) is -0.519. The Bertz CT molecular complexity index is 792. The van der Waals surface area contributed by atoms with Crippen LogP contribution in [0.5, 0.6) is 0 Å². The Morgan fingerprint density at radius 1 is 1.25 bits per heavy atom. The van der Waals surface area contributed by atoms with Gasteiger partial charge >= 0.3 is 0 Å². The van der Waals surface area contributed by atoms with Gasteiger partial charge in [-0.15, -0.1) is 10.2 Å². The van der Waals surface area contributed by atoms with Crippen molar-refractivity contribution < 1.29 is 19.1 Å². The second-order valence-corrected chi connectivity index (χ2v) is 9.55. The lowest BCUT2D eigenvalue weighted by Gasteiger charge is -2.60. The number of aryl methyl sites for hydroxylation is 1. The van der Waals surface area contributed by atoms with E-state index >= 15 is 0 Å². The second-order valence-electron chi connectivity index (χ2n) is 9.55. The predicted octanol–water partition coefficient (Wildman–Crippen LogP) is 1.23. The van der Waals surface area contributed by atoms with E-state index in [0.717, 1.165) is 38.5 Å². The number of carbonyl (C=O) groups is 2. The number of nitrogens with one attached hydrogen (secondary N) is 1. The van der Waals surface area contributed by atoms with Crippen molar-refractivity contribution in [1.82, 2.24) is 20.4 Å². The van der Waals surface area contributed by atoms with Crippen LogP contribution in [0.3, 0.4) is 0 Å². The maximum absolute atomic E-state index is 13.0. The molecular weight excluding hydrogens is 360 g/mol. The van der Waals surface area contributed by atoms with Crippen LogP contribution in [0.2, 0.25) is 0 Å². The summed E-state index contributed by atoms with van der Waals surface area (Å²) >= 11 is 0. The lowest BCUT2D eigenvalue weighted by atomic mass is 9.51. The standard InChI is InChI=1S/C20H28N4O4/c1-12-22-23-18(28-12)17(26)15-3-2-4-24(15)16(25)10-21-19-6-13-5-14(7-19)9-20(27,8-13)11-19/h13-15,21,27H,2-11H2,1H3. The lowest BCUT2D eigenvalue weighted by molar-refractivity contribution is -0.147. The summed E-state index contributed by atoms with van der Waals surface area (Å²) in [5.41, 5.74) is -0.681. The molecule has 0 radical (unpaired) electrons. The highest BCUT2D eigenvalue weighted by atomic mass is 16.4. The topological polar surface area (TPSA) is 109 Å². The van der Waals surface area contributed by atoms with Gasteiger partial charge in [-0.25, -0.2) is 0 Å². The SMILES string of the molecule is Cc1nnc(C(=O)C2CCCN2C(=O)CNC23CC4CC(CC(O)(C4)C2)C3)o1. The Morgan fingerprint density at radius 2 is 2.00 bits per heavy atom. The molecule has 2 heterocycles. The Kier molecular flexibility index (Phi) is 4.14. The molecule has 4 bridgehead atoms. The number of amides is 1. The van der Waals surface area contributed by atoms with Gasteiger partial charge in [0, 0.05) is 19.0 Å². The van der Waals surface area contributed by atoms with Crippen LogP contribution in [-0.2, 0) is 4.79 Å². The van der Waals surface area contributed by atoms with Crippen LogP contribution in [0.15, 0.2) is 4.42 Å². The third-order valence-corrected chi connectivity index (χ3v) is 7.26. The van der Waals surface area contributed by atoms with Crippen LogP contribution in [0.1, 0.15) is 67.9 Å². The van der Waals surface area contributed by atoms with Crippen LogP contribution in [-0.4, -0.2) is 62.2 Å². The number of aliphatic hydroxyl groups is 1. The number of carbonyl (C=O) groups excluding carboxylic acids is 2. The van der Waals surface area contributed by atoms with E-state index in [1.54, 1.807) is 11.8 Å². The van der Waals surface area contributed by atoms with Crippen molar-refractivity contribution in [2.75, 3.05) is 13.1 Å². The minimum absolute atomic E-state index is 0.0153. The smallest absolute Gasteiger partial charge is 0.286 e. The van der Waals surface area contributed by atoms with Gasteiger partial charge in [-0.1, -0.05) is 0 Å². The number of ketones is 1. The monoisotopic (exact) mass is 388 g/mol. The van der Waals surface area contributed by atoms with Gasteiger partial charge in [0.25, 0.3) is 5.89 Å². The molecule has 5 aliphatic rings. The first-order chi connectivity index (χ1) is 13.3. The molecule has 1 saturated heterocycles. The van der Waals surface area contributed by atoms with Gasteiger partial charge in [-0.3, -0.25) is 9.59 Å². The molecule has 3 atom stereocenters. The highest BCUT2D eigenvalue weighted by Gasteiger charge is 2.57. The van der Waals surface area contributed by atoms with Crippen LogP contribution < -0.4 is 5.32 Å². The predicted molar refractivity (Wildman–Crippen MR) is 98.5 cm³/mol. The summed E-state index contributed by atoms with van der Waals surface area (Å²) in [6.45, 7) is 2.43. The average Bonchev–Trinajstić information content (AvgIpc) is 3.26. The Labute approximate surface area is 164 Å². The number of rotatable bonds is 5. The van der Waals surface area contributed by atoms with Crippen LogP contribution >= 0.6 is 0 Å². The molecule has 1 aromatic rings. The molecule has 4 aliphatic carbocycles. The minimum Gasteiger partial charge on any atom is -0.419 e. The molecule has 0 spiro atoms. The average molecular weight is 388 g/mol. The van der Waals surface area contributed by atoms with E-state index in [4.69, 9.17) is 4.42 Å². The highest BCUT2D eigenvalue weighted by molar-refractivity contribution is 5.98. The van der Waals surface area contributed by atoms with Crippen molar-refractivity contribution >= 4 is 11.7 Å². The molecule has 0 aromatic carbocycles. The van der Waals surface area contributed by atoms with Crippen molar-refractivity contribution in [3.8, 4) is 0 Å². The molecule has 3 unspecified atom stereocenters. The summed E-state index contributed by atoms with van der Waals surface area (Å²) < 4.78 is 5.27. The van der Waals surface area contributed by atoms with E-state index in [2.05, 4.69) is 15.5 Å². The number of nitrogens with zero attached hydrogens (tertiary/aromatic N) is 3. The molecule has 8 heteroatoms.